The molecule has 0 N–H and O–H groups in total. The minimum absolute atomic E-state index is 0.178. The smallest absolute Gasteiger partial charge is 0.0159 e. The molecule has 0 unspecified atom stereocenters. The molecule has 0 aromatic heterocycles. The molecule has 3 aliphatic rings. The van der Waals surface area contributed by atoms with E-state index < -0.39 is 0 Å². The Morgan fingerprint density at radius 3 is 0.915 bits per heavy atom. The first kappa shape index (κ1) is 32.8. The first-order chi connectivity index (χ1) is 29.0. The molecule has 3 aliphatic carbocycles. The fraction of sp³-hybridized carbons (Fsp3) is 0.0508. The van der Waals surface area contributed by atoms with Gasteiger partial charge in [0, 0.05) is 5.41 Å². The zero-order chi connectivity index (χ0) is 39.0. The number of fused-ring (bicyclic) bond motifs is 9. The van der Waals surface area contributed by atoms with Crippen molar-refractivity contribution < 1.29 is 0 Å². The molecule has 0 amide bonds. The van der Waals surface area contributed by atoms with E-state index in [1.807, 2.05) is 0 Å². The summed E-state index contributed by atoms with van der Waals surface area (Å²) >= 11 is 0. The SMILES string of the molecule is CC1(C)c2cc(-c3ccccc3-c3ccc4c5c(cccc35)-c3ccccc3-4)ccc2-c2ccc(-c3ccccc3-c3ccc4c5c(cccc35)-c3ccccc3-4)cc21. The van der Waals surface area contributed by atoms with E-state index in [1.54, 1.807) is 0 Å². The molecule has 274 valence electrons. The standard InChI is InChI=1S/C59H38/c1-59(2)55-33-35(37-13-3-5-15-39(37)45-29-31-53-43-19-9-7-17-41(43)49-21-11-23-51(45)57(49)53)25-27-47(55)48-28-26-36(34-56(48)59)38-14-4-6-16-40(38)46-30-32-54-44-20-10-8-18-42(44)50-22-12-24-52(46)58(50)54/h3-34H,1-2H3. The Balaban J connectivity index is 0.906. The van der Waals surface area contributed by atoms with Gasteiger partial charge >= 0.3 is 0 Å². The Morgan fingerprint density at radius 2 is 0.525 bits per heavy atom. The van der Waals surface area contributed by atoms with E-state index in [9.17, 15) is 0 Å². The third kappa shape index (κ3) is 4.44. The van der Waals surface area contributed by atoms with Gasteiger partial charge in [-0.1, -0.05) is 196 Å². The fourth-order valence-corrected chi connectivity index (χ4v) is 11.1. The molecule has 0 nitrogen and oxygen atoms in total. The van der Waals surface area contributed by atoms with Crippen molar-refractivity contribution in [3.8, 4) is 100 Å². The van der Waals surface area contributed by atoms with Crippen LogP contribution in [0.4, 0.5) is 0 Å². The van der Waals surface area contributed by atoms with Gasteiger partial charge in [-0.05, 0) is 145 Å². The van der Waals surface area contributed by atoms with Crippen LogP contribution < -0.4 is 0 Å². The highest BCUT2D eigenvalue weighted by atomic mass is 14.4. The summed E-state index contributed by atoms with van der Waals surface area (Å²) in [5, 5.41) is 5.35. The minimum Gasteiger partial charge on any atom is -0.0616 e. The van der Waals surface area contributed by atoms with Crippen molar-refractivity contribution in [1.29, 1.82) is 0 Å². The Kier molecular flexibility index (Phi) is 6.60. The molecule has 0 aliphatic heterocycles. The summed E-state index contributed by atoms with van der Waals surface area (Å²) in [6.07, 6.45) is 0. The van der Waals surface area contributed by atoms with Crippen LogP contribution in [0.3, 0.4) is 0 Å². The normalized spacial score (nSPS) is 13.4. The van der Waals surface area contributed by atoms with Crippen molar-refractivity contribution in [2.75, 3.05) is 0 Å². The molecule has 59 heavy (non-hydrogen) atoms. The molecular weight excluding hydrogens is 709 g/mol. The van der Waals surface area contributed by atoms with Crippen LogP contribution in [0.25, 0.3) is 122 Å². The lowest BCUT2D eigenvalue weighted by molar-refractivity contribution is 0.661. The van der Waals surface area contributed by atoms with Crippen LogP contribution in [0, 0.1) is 0 Å². The van der Waals surface area contributed by atoms with Crippen molar-refractivity contribution in [3.63, 3.8) is 0 Å². The van der Waals surface area contributed by atoms with Gasteiger partial charge in [-0.2, -0.15) is 0 Å². The lowest BCUT2D eigenvalue weighted by atomic mass is 9.80. The molecule has 10 aromatic carbocycles. The highest BCUT2D eigenvalue weighted by Gasteiger charge is 2.36. The molecule has 0 spiro atoms. The second-order valence-corrected chi connectivity index (χ2v) is 17.1. The van der Waals surface area contributed by atoms with Crippen molar-refractivity contribution in [2.24, 2.45) is 0 Å². The van der Waals surface area contributed by atoms with E-state index in [1.165, 1.54) is 133 Å². The third-order valence-corrected chi connectivity index (χ3v) is 13.8. The maximum absolute atomic E-state index is 2.47. The molecule has 0 radical (unpaired) electrons. The summed E-state index contributed by atoms with van der Waals surface area (Å²) < 4.78 is 0. The molecule has 0 saturated heterocycles. The van der Waals surface area contributed by atoms with Gasteiger partial charge in [0.1, 0.15) is 0 Å². The van der Waals surface area contributed by atoms with Crippen LogP contribution in [-0.2, 0) is 5.41 Å². The van der Waals surface area contributed by atoms with Gasteiger partial charge in [-0.3, -0.25) is 0 Å². The number of hydrogen-bond donors (Lipinski definition) is 0. The molecular formula is C59H38. The van der Waals surface area contributed by atoms with Crippen LogP contribution in [0.5, 0.6) is 0 Å². The Labute approximate surface area is 344 Å². The molecule has 0 atom stereocenters. The molecule has 0 heteroatoms. The third-order valence-electron chi connectivity index (χ3n) is 13.8. The molecule has 0 heterocycles. The number of hydrogen-bond acceptors (Lipinski definition) is 0. The largest absolute Gasteiger partial charge is 0.0616 e. The van der Waals surface area contributed by atoms with E-state index >= 15 is 0 Å². The van der Waals surface area contributed by atoms with Crippen LogP contribution in [-0.4, -0.2) is 0 Å². The molecule has 13 rings (SSSR count). The molecule has 0 fully saturated rings. The number of rotatable bonds is 4. The Hall–Kier alpha value is -7.28. The summed E-state index contributed by atoms with van der Waals surface area (Å²) in [4.78, 5) is 0. The monoisotopic (exact) mass is 746 g/mol. The highest BCUT2D eigenvalue weighted by molar-refractivity contribution is 6.20. The summed E-state index contributed by atoms with van der Waals surface area (Å²) in [5.41, 5.74) is 26.1. The predicted molar refractivity (Wildman–Crippen MR) is 250 cm³/mol. The van der Waals surface area contributed by atoms with Crippen molar-refractivity contribution >= 4 is 21.5 Å². The summed E-state index contributed by atoms with van der Waals surface area (Å²) in [7, 11) is 0. The second-order valence-electron chi connectivity index (χ2n) is 17.1. The van der Waals surface area contributed by atoms with Gasteiger partial charge in [0.05, 0.1) is 0 Å². The van der Waals surface area contributed by atoms with Gasteiger partial charge in [0.2, 0.25) is 0 Å². The van der Waals surface area contributed by atoms with Gasteiger partial charge in [-0.15, -0.1) is 0 Å². The number of benzene rings is 10. The van der Waals surface area contributed by atoms with Crippen molar-refractivity contribution in [2.45, 2.75) is 19.3 Å². The van der Waals surface area contributed by atoms with Gasteiger partial charge in [0.25, 0.3) is 0 Å². The maximum Gasteiger partial charge on any atom is 0.0159 e. The van der Waals surface area contributed by atoms with E-state index in [0.29, 0.717) is 0 Å². The first-order valence-corrected chi connectivity index (χ1v) is 20.8. The summed E-state index contributed by atoms with van der Waals surface area (Å²) in [6, 6.07) is 73.0. The second kappa shape index (κ2) is 11.9. The molecule has 0 saturated carbocycles. The zero-order valence-corrected chi connectivity index (χ0v) is 33.0. The Bertz CT molecular complexity index is 3180. The van der Waals surface area contributed by atoms with Crippen LogP contribution >= 0.6 is 0 Å². The molecule has 10 aromatic rings. The minimum atomic E-state index is -0.178. The average Bonchev–Trinajstić information content (AvgIpc) is 3.88. The van der Waals surface area contributed by atoms with Crippen molar-refractivity contribution in [1.82, 2.24) is 0 Å². The van der Waals surface area contributed by atoms with Crippen molar-refractivity contribution in [3.05, 3.63) is 205 Å². The van der Waals surface area contributed by atoms with Crippen LogP contribution in [0.15, 0.2) is 194 Å². The van der Waals surface area contributed by atoms with E-state index in [2.05, 4.69) is 208 Å². The average molecular weight is 747 g/mol. The predicted octanol–water partition coefficient (Wildman–Crippen LogP) is 16.3. The van der Waals surface area contributed by atoms with E-state index in [-0.39, 0.29) is 5.41 Å². The van der Waals surface area contributed by atoms with E-state index in [4.69, 9.17) is 0 Å². The first-order valence-electron chi connectivity index (χ1n) is 20.8. The van der Waals surface area contributed by atoms with Crippen LogP contribution in [0.2, 0.25) is 0 Å². The molecule has 0 bridgehead atoms. The van der Waals surface area contributed by atoms with Gasteiger partial charge in [0.15, 0.2) is 0 Å². The maximum atomic E-state index is 2.47. The van der Waals surface area contributed by atoms with Gasteiger partial charge in [-0.25, -0.2) is 0 Å². The quantitative estimate of drug-likeness (QED) is 0.168. The lowest BCUT2D eigenvalue weighted by Crippen LogP contribution is -2.15. The van der Waals surface area contributed by atoms with E-state index in [0.717, 1.165) is 0 Å². The van der Waals surface area contributed by atoms with Gasteiger partial charge < -0.3 is 0 Å². The fourth-order valence-electron chi connectivity index (χ4n) is 11.1. The topological polar surface area (TPSA) is 0 Å². The highest BCUT2D eigenvalue weighted by Crippen LogP contribution is 2.54. The zero-order valence-electron chi connectivity index (χ0n) is 33.0. The lowest BCUT2D eigenvalue weighted by Gasteiger charge is -2.23. The summed E-state index contributed by atoms with van der Waals surface area (Å²) in [6.45, 7) is 4.82. The van der Waals surface area contributed by atoms with Crippen LogP contribution in [0.1, 0.15) is 25.0 Å². The Morgan fingerprint density at radius 1 is 0.237 bits per heavy atom. The summed E-state index contributed by atoms with van der Waals surface area (Å²) in [5.74, 6) is 0.